The molecule has 24 valence electrons. The second kappa shape index (κ2) is 2.99. The Morgan fingerprint density at radius 3 is 2.00 bits per heavy atom. The summed E-state index contributed by atoms with van der Waals surface area (Å²) in [7, 11) is 1.81. The predicted octanol–water partition coefficient (Wildman–Crippen LogP) is 0.00730. The van der Waals surface area contributed by atoms with Crippen molar-refractivity contribution in [1.82, 2.24) is 0 Å². The molecule has 0 aliphatic rings. The molecule has 0 bridgehead atoms. The summed E-state index contributed by atoms with van der Waals surface area (Å²) in [5.41, 5.74) is 0. The quantitative estimate of drug-likeness (QED) is 0.373. The normalized spacial score (nSPS) is 7.25. The van der Waals surface area contributed by atoms with Gasteiger partial charge in [-0.05, 0) is 0 Å². The lowest BCUT2D eigenvalue weighted by Gasteiger charge is -1.63. The molecule has 0 rings (SSSR count). The van der Waals surface area contributed by atoms with Crippen molar-refractivity contribution >= 4 is 7.85 Å². The van der Waals surface area contributed by atoms with Crippen LogP contribution < -0.4 is 0 Å². The topological polar surface area (TPSA) is 0 Å². The largest absolute Gasteiger partial charge is 0.252 e. The molecule has 0 aliphatic carbocycles. The van der Waals surface area contributed by atoms with Crippen molar-refractivity contribution in [2.24, 2.45) is 0 Å². The first-order chi connectivity index (χ1) is 1.91. The smallest absolute Gasteiger partial charge is 0.104 e. The fourth-order valence-corrected chi connectivity index (χ4v) is 0. The maximum atomic E-state index is 10.7. The third kappa shape index (κ3) is 1.99. The van der Waals surface area contributed by atoms with Crippen LogP contribution in [0.5, 0.6) is 0 Å². The van der Waals surface area contributed by atoms with Crippen molar-refractivity contribution in [3.63, 3.8) is 0 Å². The van der Waals surface area contributed by atoms with Gasteiger partial charge in [-0.25, -0.2) is 0 Å². The highest BCUT2D eigenvalue weighted by atomic mass is 18.2. The van der Waals surface area contributed by atoms with E-state index in [2.05, 4.69) is 0 Å². The minimum atomic E-state index is -0.181. The summed E-state index contributed by atoms with van der Waals surface area (Å²) >= 11 is 0. The van der Waals surface area contributed by atoms with Crippen LogP contribution in [0.15, 0.2) is 0 Å². The average molecular weight is 58.9 g/mol. The third-order valence-corrected chi connectivity index (χ3v) is 0.189. The molecule has 0 radical (unpaired) electrons. The van der Waals surface area contributed by atoms with E-state index in [4.69, 9.17) is 0 Å². The molecule has 0 nitrogen and oxygen atoms in total. The van der Waals surface area contributed by atoms with Crippen LogP contribution in [0.3, 0.4) is 0 Å². The van der Waals surface area contributed by atoms with Crippen LogP contribution in [0.25, 0.3) is 0 Å². The zero-order valence-electron chi connectivity index (χ0n) is 2.79. The standard InChI is InChI=1S/C2H6BF/c3-1-2-4/h1-3H2/i4-1. The van der Waals surface area contributed by atoms with Gasteiger partial charge >= 0.3 is 0 Å². The molecule has 0 aromatic rings. The van der Waals surface area contributed by atoms with Gasteiger partial charge in [-0.2, -0.15) is 0 Å². The molecule has 0 N–H and O–H groups in total. The van der Waals surface area contributed by atoms with Crippen molar-refractivity contribution in [1.29, 1.82) is 0 Å². The molecule has 4 heavy (non-hydrogen) atoms. The summed E-state index contributed by atoms with van der Waals surface area (Å²) in [4.78, 5) is 0. The maximum Gasteiger partial charge on any atom is 0.104 e. The average Bonchev–Trinajstić information content (AvgIpc) is 1.37. The molecule has 0 aliphatic heterocycles. The van der Waals surface area contributed by atoms with Crippen LogP contribution in [-0.4, -0.2) is 14.5 Å². The molecule has 0 unspecified atom stereocenters. The minimum absolute atomic E-state index is 0.181. The van der Waals surface area contributed by atoms with Crippen LogP contribution in [0.4, 0.5) is 4.39 Å². The van der Waals surface area contributed by atoms with E-state index in [-0.39, 0.29) is 6.67 Å². The van der Waals surface area contributed by atoms with E-state index in [1.807, 2.05) is 0 Å². The molecule has 0 aromatic carbocycles. The molecule has 0 saturated heterocycles. The Morgan fingerprint density at radius 1 is 1.75 bits per heavy atom. The van der Waals surface area contributed by atoms with Crippen LogP contribution in [0.1, 0.15) is 0 Å². The Kier molecular flexibility index (Phi) is 2.99. The summed E-state index contributed by atoms with van der Waals surface area (Å²) < 4.78 is 10.7. The maximum absolute atomic E-state index is 10.7. The Balaban J connectivity index is 1.97. The number of hydrogen-bond donors (Lipinski definition) is 0. The predicted molar refractivity (Wildman–Crippen MR) is 19.3 cm³/mol. The van der Waals surface area contributed by atoms with Gasteiger partial charge in [-0.1, -0.05) is 6.32 Å². The van der Waals surface area contributed by atoms with E-state index in [1.165, 1.54) is 0 Å². The first-order valence-corrected chi connectivity index (χ1v) is 1.47. The van der Waals surface area contributed by atoms with Crippen molar-refractivity contribution in [3.8, 4) is 0 Å². The summed E-state index contributed by atoms with van der Waals surface area (Å²) in [6.07, 6.45) is 0.653. The van der Waals surface area contributed by atoms with Gasteiger partial charge in [0, 0.05) is 0 Å². The van der Waals surface area contributed by atoms with Crippen molar-refractivity contribution in [2.45, 2.75) is 6.32 Å². The second-order valence-electron chi connectivity index (χ2n) is 0.689. The van der Waals surface area contributed by atoms with Gasteiger partial charge in [0.1, 0.15) is 7.85 Å². The Labute approximate surface area is 26.4 Å². The van der Waals surface area contributed by atoms with Crippen molar-refractivity contribution < 1.29 is 4.39 Å². The Hall–Kier alpha value is -0.00506. The van der Waals surface area contributed by atoms with Crippen LogP contribution in [0, 0.1) is 0 Å². The van der Waals surface area contributed by atoms with E-state index < -0.39 is 0 Å². The number of hydrogen-bond acceptors (Lipinski definition) is 0. The zero-order chi connectivity index (χ0) is 3.41. The first-order valence-electron chi connectivity index (χ1n) is 1.47. The number of rotatable bonds is 1. The van der Waals surface area contributed by atoms with Crippen LogP contribution >= 0.6 is 0 Å². The molecule has 0 spiro atoms. The second-order valence-corrected chi connectivity index (χ2v) is 0.689. The van der Waals surface area contributed by atoms with Gasteiger partial charge in [0.15, 0.2) is 0 Å². The van der Waals surface area contributed by atoms with Gasteiger partial charge in [-0.3, -0.25) is 4.39 Å². The van der Waals surface area contributed by atoms with E-state index in [0.29, 0.717) is 6.32 Å². The van der Waals surface area contributed by atoms with Gasteiger partial charge < -0.3 is 0 Å². The van der Waals surface area contributed by atoms with Gasteiger partial charge in [-0.15, -0.1) is 0 Å². The number of alkyl halides is 1. The molecule has 0 atom stereocenters. The fourth-order valence-electron chi connectivity index (χ4n) is 0. The highest BCUT2D eigenvalue weighted by molar-refractivity contribution is 6.08. The monoisotopic (exact) mass is 59.1 g/mol. The molecule has 0 fully saturated rings. The van der Waals surface area contributed by atoms with Gasteiger partial charge in [0.05, 0.1) is 6.67 Å². The van der Waals surface area contributed by atoms with E-state index in [1.54, 1.807) is 7.85 Å². The summed E-state index contributed by atoms with van der Waals surface area (Å²) in [5.74, 6) is 0. The SMILES string of the molecule is BCC[18F]. The summed E-state index contributed by atoms with van der Waals surface area (Å²) in [5, 5.41) is 0. The van der Waals surface area contributed by atoms with Crippen LogP contribution in [-0.2, 0) is 0 Å². The molecule has 0 amide bonds. The lowest BCUT2D eigenvalue weighted by molar-refractivity contribution is 0.527. The molecule has 2 heteroatoms. The molecule has 0 saturated carbocycles. The van der Waals surface area contributed by atoms with Crippen LogP contribution in [0.2, 0.25) is 6.32 Å². The highest BCUT2D eigenvalue weighted by Crippen LogP contribution is 1.66. The van der Waals surface area contributed by atoms with Crippen molar-refractivity contribution in [3.05, 3.63) is 0 Å². The first kappa shape index (κ1) is 3.99. The van der Waals surface area contributed by atoms with Crippen molar-refractivity contribution in [2.75, 3.05) is 6.67 Å². The Bertz CT molecular complexity index is 8.00. The van der Waals surface area contributed by atoms with Gasteiger partial charge in [0.25, 0.3) is 0 Å². The van der Waals surface area contributed by atoms with E-state index >= 15 is 0 Å². The highest BCUT2D eigenvalue weighted by Gasteiger charge is 1.62. The molecule has 0 aromatic heterocycles. The van der Waals surface area contributed by atoms with Gasteiger partial charge in [0.2, 0.25) is 0 Å². The van der Waals surface area contributed by atoms with E-state index in [9.17, 15) is 4.39 Å². The third-order valence-electron chi connectivity index (χ3n) is 0.189. The molecular formula is C2H6BF. The molecule has 0 heterocycles. The zero-order valence-corrected chi connectivity index (χ0v) is 2.79. The number of halogens is 1. The lowest BCUT2D eigenvalue weighted by atomic mass is 10.1. The summed E-state index contributed by atoms with van der Waals surface area (Å²) in [6.45, 7) is -0.181. The lowest BCUT2D eigenvalue weighted by Crippen LogP contribution is -1.64. The fraction of sp³-hybridized carbons (Fsp3) is 1.00. The molecular weight excluding hydrogens is 52.8 g/mol. The van der Waals surface area contributed by atoms with E-state index in [0.717, 1.165) is 0 Å². The summed E-state index contributed by atoms with van der Waals surface area (Å²) in [6, 6.07) is 0. The minimum Gasteiger partial charge on any atom is -0.252 e. The Morgan fingerprint density at radius 2 is 2.00 bits per heavy atom.